The predicted molar refractivity (Wildman–Crippen MR) is 52.1 cm³/mol. The number of allylic oxidation sites excluding steroid dienone is 2. The fraction of sp³-hybridized carbons (Fsp3) is 0.600. The van der Waals surface area contributed by atoms with Crippen molar-refractivity contribution in [3.05, 3.63) is 11.1 Å². The van der Waals surface area contributed by atoms with Gasteiger partial charge in [-0.2, -0.15) is 0 Å². The lowest BCUT2D eigenvalue weighted by Crippen LogP contribution is -1.98. The Hall–Kier alpha value is -1.32. The summed E-state index contributed by atoms with van der Waals surface area (Å²) in [5.74, 6) is -1.65. The maximum atomic E-state index is 10.3. The molecule has 0 aliphatic rings. The maximum Gasteiger partial charge on any atom is 0.303 e. The summed E-state index contributed by atoms with van der Waals surface area (Å²) >= 11 is 0. The van der Waals surface area contributed by atoms with Gasteiger partial charge in [0.1, 0.15) is 0 Å². The second-order valence-electron chi connectivity index (χ2n) is 3.35. The standard InChI is InChI=1S/C10H16O4/c1-7(3-5-9(11)12)8(2)4-6-10(13)14/h3-6H2,1-2H3,(H,11,12)(H,13,14). The SMILES string of the molecule is CC(CCC(=O)O)=C(C)CCC(=O)O. The summed E-state index contributed by atoms with van der Waals surface area (Å²) in [7, 11) is 0. The van der Waals surface area contributed by atoms with Gasteiger partial charge in [-0.25, -0.2) is 0 Å². The molecule has 0 radical (unpaired) electrons. The van der Waals surface area contributed by atoms with Crippen LogP contribution in [0.3, 0.4) is 0 Å². The van der Waals surface area contributed by atoms with Crippen LogP contribution in [0.1, 0.15) is 39.5 Å². The van der Waals surface area contributed by atoms with Crippen LogP contribution in [-0.2, 0) is 9.59 Å². The normalized spacial score (nSPS) is 12.1. The molecule has 0 aromatic heterocycles. The van der Waals surface area contributed by atoms with Gasteiger partial charge in [0.2, 0.25) is 0 Å². The Morgan fingerprint density at radius 3 is 1.29 bits per heavy atom. The van der Waals surface area contributed by atoms with Crippen molar-refractivity contribution in [3.8, 4) is 0 Å². The third-order valence-electron chi connectivity index (χ3n) is 2.16. The summed E-state index contributed by atoms with van der Waals surface area (Å²) in [6.07, 6.45) is 1.22. The van der Waals surface area contributed by atoms with Gasteiger partial charge in [0.15, 0.2) is 0 Å². The van der Waals surface area contributed by atoms with Crippen LogP contribution in [0, 0.1) is 0 Å². The Morgan fingerprint density at radius 2 is 1.07 bits per heavy atom. The van der Waals surface area contributed by atoms with Crippen LogP contribution in [0.2, 0.25) is 0 Å². The molecule has 0 amide bonds. The smallest absolute Gasteiger partial charge is 0.303 e. The third-order valence-corrected chi connectivity index (χ3v) is 2.16. The number of carboxylic acids is 2. The zero-order valence-corrected chi connectivity index (χ0v) is 8.54. The zero-order valence-electron chi connectivity index (χ0n) is 8.54. The van der Waals surface area contributed by atoms with Gasteiger partial charge in [0.05, 0.1) is 0 Å². The van der Waals surface area contributed by atoms with Crippen LogP contribution >= 0.6 is 0 Å². The highest BCUT2D eigenvalue weighted by molar-refractivity contribution is 5.67. The number of hydrogen-bond donors (Lipinski definition) is 2. The van der Waals surface area contributed by atoms with E-state index in [9.17, 15) is 9.59 Å². The van der Waals surface area contributed by atoms with E-state index in [1.807, 2.05) is 13.8 Å². The second-order valence-corrected chi connectivity index (χ2v) is 3.35. The van der Waals surface area contributed by atoms with Crippen LogP contribution in [0.5, 0.6) is 0 Å². The van der Waals surface area contributed by atoms with Crippen molar-refractivity contribution in [3.63, 3.8) is 0 Å². The lowest BCUT2D eigenvalue weighted by molar-refractivity contribution is -0.138. The van der Waals surface area contributed by atoms with Gasteiger partial charge in [0, 0.05) is 12.8 Å². The Kier molecular flexibility index (Phi) is 5.60. The van der Waals surface area contributed by atoms with Crippen LogP contribution in [0.25, 0.3) is 0 Å². The number of aliphatic carboxylic acids is 2. The minimum Gasteiger partial charge on any atom is -0.481 e. The molecule has 0 aliphatic heterocycles. The molecular formula is C10H16O4. The van der Waals surface area contributed by atoms with Gasteiger partial charge in [0.25, 0.3) is 0 Å². The van der Waals surface area contributed by atoms with E-state index in [4.69, 9.17) is 10.2 Å². The molecule has 0 bridgehead atoms. The molecule has 0 fully saturated rings. The first kappa shape index (κ1) is 12.7. The Balaban J connectivity index is 4.01. The Bertz CT molecular complexity index is 227. The molecule has 0 saturated carbocycles. The molecule has 4 heteroatoms. The van der Waals surface area contributed by atoms with Gasteiger partial charge in [-0.1, -0.05) is 11.1 Å². The molecule has 0 aliphatic carbocycles. The summed E-state index contributed by atoms with van der Waals surface area (Å²) in [4.78, 5) is 20.6. The molecular weight excluding hydrogens is 184 g/mol. The lowest BCUT2D eigenvalue weighted by Gasteiger charge is -2.04. The monoisotopic (exact) mass is 200 g/mol. The van der Waals surface area contributed by atoms with E-state index >= 15 is 0 Å². The first-order chi connectivity index (χ1) is 6.43. The molecule has 14 heavy (non-hydrogen) atoms. The highest BCUT2D eigenvalue weighted by Gasteiger charge is 2.03. The van der Waals surface area contributed by atoms with Gasteiger partial charge >= 0.3 is 11.9 Å². The van der Waals surface area contributed by atoms with E-state index in [0.717, 1.165) is 11.1 Å². The van der Waals surface area contributed by atoms with Crippen LogP contribution < -0.4 is 0 Å². The minimum atomic E-state index is -0.824. The van der Waals surface area contributed by atoms with E-state index in [-0.39, 0.29) is 12.8 Å². The fourth-order valence-corrected chi connectivity index (χ4v) is 1.02. The summed E-state index contributed by atoms with van der Waals surface area (Å²) in [5, 5.41) is 16.9. The van der Waals surface area contributed by atoms with Gasteiger partial charge in [-0.3, -0.25) is 9.59 Å². The van der Waals surface area contributed by atoms with Crippen LogP contribution in [0.4, 0.5) is 0 Å². The van der Waals surface area contributed by atoms with Gasteiger partial charge in [-0.15, -0.1) is 0 Å². The second kappa shape index (κ2) is 6.18. The highest BCUT2D eigenvalue weighted by Crippen LogP contribution is 2.14. The predicted octanol–water partition coefficient (Wildman–Crippen LogP) is 2.05. The van der Waals surface area contributed by atoms with Crippen molar-refractivity contribution in [1.29, 1.82) is 0 Å². The number of hydrogen-bond acceptors (Lipinski definition) is 2. The molecule has 0 unspecified atom stereocenters. The lowest BCUT2D eigenvalue weighted by atomic mass is 10.0. The minimum absolute atomic E-state index is 0.107. The average Bonchev–Trinajstić information content (AvgIpc) is 2.09. The van der Waals surface area contributed by atoms with E-state index in [1.54, 1.807) is 0 Å². The van der Waals surface area contributed by atoms with E-state index in [2.05, 4.69) is 0 Å². The van der Waals surface area contributed by atoms with Crippen molar-refractivity contribution >= 4 is 11.9 Å². The highest BCUT2D eigenvalue weighted by atomic mass is 16.4. The van der Waals surface area contributed by atoms with E-state index < -0.39 is 11.9 Å². The third kappa shape index (κ3) is 6.22. The topological polar surface area (TPSA) is 74.6 Å². The van der Waals surface area contributed by atoms with Crippen molar-refractivity contribution in [1.82, 2.24) is 0 Å². The zero-order chi connectivity index (χ0) is 11.1. The number of rotatable bonds is 6. The summed E-state index contributed by atoms with van der Waals surface area (Å²) < 4.78 is 0. The van der Waals surface area contributed by atoms with Gasteiger partial charge < -0.3 is 10.2 Å². The molecule has 2 N–H and O–H groups in total. The van der Waals surface area contributed by atoms with Crippen LogP contribution in [-0.4, -0.2) is 22.2 Å². The van der Waals surface area contributed by atoms with Crippen molar-refractivity contribution in [2.75, 3.05) is 0 Å². The summed E-state index contributed by atoms with van der Waals surface area (Å²) in [5.41, 5.74) is 1.96. The van der Waals surface area contributed by atoms with Crippen molar-refractivity contribution < 1.29 is 19.8 Å². The molecule has 0 aromatic rings. The van der Waals surface area contributed by atoms with Gasteiger partial charge in [-0.05, 0) is 26.7 Å². The van der Waals surface area contributed by atoms with Crippen molar-refractivity contribution in [2.45, 2.75) is 39.5 Å². The quantitative estimate of drug-likeness (QED) is 0.643. The maximum absolute atomic E-state index is 10.3. The summed E-state index contributed by atoms with van der Waals surface area (Å²) in [6, 6.07) is 0. The summed E-state index contributed by atoms with van der Waals surface area (Å²) in [6.45, 7) is 3.69. The van der Waals surface area contributed by atoms with E-state index in [1.165, 1.54) is 0 Å². The number of carbonyl (C=O) groups is 2. The molecule has 4 nitrogen and oxygen atoms in total. The fourth-order valence-electron chi connectivity index (χ4n) is 1.02. The van der Waals surface area contributed by atoms with E-state index in [0.29, 0.717) is 12.8 Å². The first-order valence-electron chi connectivity index (χ1n) is 4.52. The molecule has 0 rings (SSSR count). The van der Waals surface area contributed by atoms with Crippen LogP contribution in [0.15, 0.2) is 11.1 Å². The Labute approximate surface area is 83.2 Å². The Morgan fingerprint density at radius 1 is 0.786 bits per heavy atom. The molecule has 0 atom stereocenters. The molecule has 0 spiro atoms. The number of carboxylic acid groups (broad SMARTS) is 2. The first-order valence-corrected chi connectivity index (χ1v) is 4.52. The molecule has 80 valence electrons. The average molecular weight is 200 g/mol. The largest absolute Gasteiger partial charge is 0.481 e. The molecule has 0 saturated heterocycles. The van der Waals surface area contributed by atoms with Crippen molar-refractivity contribution in [2.24, 2.45) is 0 Å². The molecule has 0 heterocycles. The molecule has 0 aromatic carbocycles.